The van der Waals surface area contributed by atoms with Crippen molar-refractivity contribution in [2.24, 2.45) is 5.92 Å². The predicted octanol–water partition coefficient (Wildman–Crippen LogP) is 2.64. The number of rotatable bonds is 4. The molecule has 0 radical (unpaired) electrons. The van der Waals surface area contributed by atoms with Crippen LogP contribution in [0.1, 0.15) is 37.7 Å². The number of carboxylic acids is 1. The zero-order valence-corrected chi connectivity index (χ0v) is 12.1. The molecular formula is C16H20FNO3. The number of hydrogen-bond acceptors (Lipinski definition) is 2. The first kappa shape index (κ1) is 15.5. The molecule has 1 aromatic carbocycles. The average molecular weight is 293 g/mol. The molecule has 2 rings (SSSR count). The van der Waals surface area contributed by atoms with E-state index < -0.39 is 11.9 Å². The van der Waals surface area contributed by atoms with Crippen molar-refractivity contribution in [1.82, 2.24) is 4.90 Å². The smallest absolute Gasteiger partial charge is 0.308 e. The van der Waals surface area contributed by atoms with Gasteiger partial charge in [-0.25, -0.2) is 4.39 Å². The Morgan fingerprint density at radius 3 is 2.81 bits per heavy atom. The fraction of sp³-hybridized carbons (Fsp3) is 0.500. The highest BCUT2D eigenvalue weighted by Gasteiger charge is 2.29. The van der Waals surface area contributed by atoms with E-state index in [0.717, 1.165) is 0 Å². The number of piperidine rings is 1. The molecule has 0 saturated carbocycles. The minimum Gasteiger partial charge on any atom is -0.481 e. The lowest BCUT2D eigenvalue weighted by Crippen LogP contribution is -2.42. The van der Waals surface area contributed by atoms with Crippen LogP contribution in [0.15, 0.2) is 24.3 Å². The quantitative estimate of drug-likeness (QED) is 0.928. The third-order valence-electron chi connectivity index (χ3n) is 4.04. The minimum absolute atomic E-state index is 0.100. The number of hydrogen-bond donors (Lipinski definition) is 1. The molecule has 4 nitrogen and oxygen atoms in total. The molecule has 1 saturated heterocycles. The van der Waals surface area contributed by atoms with Gasteiger partial charge in [0.1, 0.15) is 5.82 Å². The monoisotopic (exact) mass is 293 g/mol. The van der Waals surface area contributed by atoms with Crippen molar-refractivity contribution < 1.29 is 19.1 Å². The Hall–Kier alpha value is -1.91. The fourth-order valence-electron chi connectivity index (χ4n) is 2.78. The Morgan fingerprint density at radius 1 is 1.43 bits per heavy atom. The number of likely N-dealkylation sites (tertiary alicyclic amines) is 1. The number of aliphatic carboxylic acids is 1. The second-order valence-electron chi connectivity index (χ2n) is 5.64. The summed E-state index contributed by atoms with van der Waals surface area (Å²) in [6.45, 7) is 2.67. The molecule has 5 heteroatoms. The maximum absolute atomic E-state index is 13.7. The summed E-state index contributed by atoms with van der Waals surface area (Å²) in [6, 6.07) is 6.44. The van der Waals surface area contributed by atoms with Crippen LogP contribution in [0.4, 0.5) is 4.39 Å². The third kappa shape index (κ3) is 3.80. The van der Waals surface area contributed by atoms with E-state index in [1.54, 1.807) is 23.1 Å². The van der Waals surface area contributed by atoms with Crippen LogP contribution in [-0.2, 0) is 9.59 Å². The first-order valence-corrected chi connectivity index (χ1v) is 7.24. The van der Waals surface area contributed by atoms with Crippen LogP contribution in [0.3, 0.4) is 0 Å². The molecule has 0 unspecified atom stereocenters. The van der Waals surface area contributed by atoms with Gasteiger partial charge in [-0.1, -0.05) is 25.1 Å². The summed E-state index contributed by atoms with van der Waals surface area (Å²) in [6.07, 6.45) is 1.52. The first-order chi connectivity index (χ1) is 9.99. The number of nitrogens with zero attached hydrogens (tertiary/aromatic N) is 1. The van der Waals surface area contributed by atoms with E-state index in [2.05, 4.69) is 0 Å². The number of carbonyl (C=O) groups excluding carboxylic acids is 1. The number of halogens is 1. The summed E-state index contributed by atoms with van der Waals surface area (Å²) >= 11 is 0. The number of amides is 1. The summed E-state index contributed by atoms with van der Waals surface area (Å²) in [5.74, 6) is -1.96. The zero-order chi connectivity index (χ0) is 15.4. The summed E-state index contributed by atoms with van der Waals surface area (Å²) in [5, 5.41) is 9.05. The highest BCUT2D eigenvalue weighted by Crippen LogP contribution is 2.24. The van der Waals surface area contributed by atoms with Crippen LogP contribution in [0.25, 0.3) is 0 Å². The standard InChI is InChI=1S/C16H20FNO3/c1-11(13-6-2-3-7-14(13)17)9-15(19)18-8-4-5-12(10-18)16(20)21/h2-3,6-7,11-12H,4-5,8-10H2,1H3,(H,20,21)/t11-,12+/m1/s1. The topological polar surface area (TPSA) is 57.6 Å². The van der Waals surface area contributed by atoms with E-state index in [4.69, 9.17) is 5.11 Å². The summed E-state index contributed by atoms with van der Waals surface area (Å²) < 4.78 is 13.7. The largest absolute Gasteiger partial charge is 0.481 e. The normalized spacial score (nSPS) is 20.1. The van der Waals surface area contributed by atoms with Crippen LogP contribution in [0.2, 0.25) is 0 Å². The van der Waals surface area contributed by atoms with Gasteiger partial charge < -0.3 is 10.0 Å². The van der Waals surface area contributed by atoms with E-state index >= 15 is 0 Å². The molecule has 114 valence electrons. The molecule has 1 aliphatic rings. The lowest BCUT2D eigenvalue weighted by atomic mass is 9.94. The van der Waals surface area contributed by atoms with Crippen LogP contribution >= 0.6 is 0 Å². The lowest BCUT2D eigenvalue weighted by molar-refractivity contribution is -0.145. The molecule has 1 aromatic rings. The first-order valence-electron chi connectivity index (χ1n) is 7.24. The van der Waals surface area contributed by atoms with Gasteiger partial charge in [-0.15, -0.1) is 0 Å². The second kappa shape index (κ2) is 6.70. The van der Waals surface area contributed by atoms with E-state index in [9.17, 15) is 14.0 Å². The number of carbonyl (C=O) groups is 2. The molecule has 0 bridgehead atoms. The Bertz CT molecular complexity index is 532. The highest BCUT2D eigenvalue weighted by atomic mass is 19.1. The zero-order valence-electron chi connectivity index (χ0n) is 12.1. The van der Waals surface area contributed by atoms with Crippen molar-refractivity contribution >= 4 is 11.9 Å². The Kier molecular flexibility index (Phi) is 4.94. The highest BCUT2D eigenvalue weighted by molar-refractivity contribution is 5.78. The van der Waals surface area contributed by atoms with Crippen molar-refractivity contribution in [1.29, 1.82) is 0 Å². The van der Waals surface area contributed by atoms with Crippen LogP contribution in [-0.4, -0.2) is 35.0 Å². The van der Waals surface area contributed by atoms with Crippen LogP contribution < -0.4 is 0 Å². The lowest BCUT2D eigenvalue weighted by Gasteiger charge is -2.31. The van der Waals surface area contributed by atoms with Gasteiger partial charge in [0.2, 0.25) is 5.91 Å². The number of carboxylic acid groups (broad SMARTS) is 1. The van der Waals surface area contributed by atoms with Gasteiger partial charge in [0, 0.05) is 19.5 Å². The predicted molar refractivity (Wildman–Crippen MR) is 76.4 cm³/mol. The molecule has 21 heavy (non-hydrogen) atoms. The third-order valence-corrected chi connectivity index (χ3v) is 4.04. The van der Waals surface area contributed by atoms with Crippen molar-refractivity contribution in [3.8, 4) is 0 Å². The van der Waals surface area contributed by atoms with Gasteiger partial charge in [0.15, 0.2) is 0 Å². The van der Waals surface area contributed by atoms with Gasteiger partial charge in [-0.05, 0) is 30.4 Å². The van der Waals surface area contributed by atoms with Crippen molar-refractivity contribution in [2.75, 3.05) is 13.1 Å². The van der Waals surface area contributed by atoms with Gasteiger partial charge in [-0.2, -0.15) is 0 Å². The molecule has 0 aromatic heterocycles. The molecule has 1 fully saturated rings. The summed E-state index contributed by atoms with van der Waals surface area (Å²) in [7, 11) is 0. The summed E-state index contributed by atoms with van der Waals surface area (Å²) in [5.41, 5.74) is 0.526. The van der Waals surface area contributed by atoms with Crippen molar-refractivity contribution in [3.63, 3.8) is 0 Å². The van der Waals surface area contributed by atoms with E-state index in [0.29, 0.717) is 24.9 Å². The average Bonchev–Trinajstić information content (AvgIpc) is 2.47. The Balaban J connectivity index is 1.98. The van der Waals surface area contributed by atoms with E-state index in [1.165, 1.54) is 6.07 Å². The van der Waals surface area contributed by atoms with Crippen molar-refractivity contribution in [2.45, 2.75) is 32.1 Å². The maximum atomic E-state index is 13.7. The van der Waals surface area contributed by atoms with Gasteiger partial charge >= 0.3 is 5.97 Å². The van der Waals surface area contributed by atoms with Gasteiger partial charge in [0.05, 0.1) is 5.92 Å². The maximum Gasteiger partial charge on any atom is 0.308 e. The van der Waals surface area contributed by atoms with Gasteiger partial charge in [-0.3, -0.25) is 9.59 Å². The second-order valence-corrected chi connectivity index (χ2v) is 5.64. The molecule has 1 aliphatic heterocycles. The van der Waals surface area contributed by atoms with Gasteiger partial charge in [0.25, 0.3) is 0 Å². The molecule has 2 atom stereocenters. The Morgan fingerprint density at radius 2 is 2.14 bits per heavy atom. The molecule has 1 N–H and O–H groups in total. The number of benzene rings is 1. The minimum atomic E-state index is -0.852. The molecule has 0 aliphatic carbocycles. The van der Waals surface area contributed by atoms with Crippen LogP contribution in [0, 0.1) is 11.7 Å². The molecular weight excluding hydrogens is 273 g/mol. The van der Waals surface area contributed by atoms with E-state index in [-0.39, 0.29) is 30.6 Å². The Labute approximate surface area is 123 Å². The SMILES string of the molecule is C[C@H](CC(=O)N1CCC[C@H](C(=O)O)C1)c1ccccc1F. The molecule has 0 spiro atoms. The molecule has 1 heterocycles. The molecule has 1 amide bonds. The van der Waals surface area contributed by atoms with Crippen molar-refractivity contribution in [3.05, 3.63) is 35.6 Å². The fourth-order valence-corrected chi connectivity index (χ4v) is 2.78. The van der Waals surface area contributed by atoms with Crippen LogP contribution in [0.5, 0.6) is 0 Å². The van der Waals surface area contributed by atoms with E-state index in [1.807, 2.05) is 6.92 Å². The summed E-state index contributed by atoms with van der Waals surface area (Å²) in [4.78, 5) is 24.9.